The van der Waals surface area contributed by atoms with Crippen LogP contribution in [-0.2, 0) is 32.6 Å². The number of hydrogen-bond acceptors (Lipinski definition) is 5. The Labute approximate surface area is 285 Å². The Morgan fingerprint density at radius 1 is 0.870 bits per heavy atom. The average molecular weight is 752 g/mol. The minimum atomic E-state index is -4.14. The Bertz CT molecular complexity index is 1710. The molecule has 0 aromatic heterocycles. The molecule has 2 amide bonds. The van der Waals surface area contributed by atoms with E-state index in [-0.39, 0.29) is 29.8 Å². The zero-order chi connectivity index (χ0) is 32.5. The number of carbonyl (C=O) groups is 2. The maximum absolute atomic E-state index is 14.6. The van der Waals surface area contributed by atoms with Gasteiger partial charge in [0, 0.05) is 22.6 Å². The van der Waals surface area contributed by atoms with E-state index in [1.54, 1.807) is 49.6 Å². The molecule has 0 saturated heterocycles. The predicted octanol–water partition coefficient (Wildman–Crippen LogP) is 6.19. The molecule has 0 heterocycles. The molecule has 0 aliphatic heterocycles. The van der Waals surface area contributed by atoms with Crippen molar-refractivity contribution in [2.45, 2.75) is 55.6 Å². The highest BCUT2D eigenvalue weighted by atomic mass is 127. The summed E-state index contributed by atoms with van der Waals surface area (Å²) in [4.78, 5) is 30.3. The van der Waals surface area contributed by atoms with Crippen LogP contribution in [0.3, 0.4) is 0 Å². The maximum Gasteiger partial charge on any atom is 0.264 e. The first-order chi connectivity index (χ1) is 22.2. The Kier molecular flexibility index (Phi) is 11.3. The molecule has 0 bridgehead atoms. The van der Waals surface area contributed by atoms with Crippen LogP contribution in [0.2, 0.25) is 0 Å². The third-order valence-corrected chi connectivity index (χ3v) is 10.7. The fourth-order valence-corrected chi connectivity index (χ4v) is 7.54. The van der Waals surface area contributed by atoms with E-state index in [2.05, 4.69) is 27.9 Å². The number of halogens is 1. The molecule has 1 aliphatic carbocycles. The summed E-state index contributed by atoms with van der Waals surface area (Å²) in [7, 11) is -2.57. The van der Waals surface area contributed by atoms with Gasteiger partial charge in [0.05, 0.1) is 17.7 Å². The molecular weight excluding hydrogens is 713 g/mol. The Balaban J connectivity index is 1.56. The van der Waals surface area contributed by atoms with Gasteiger partial charge in [0.15, 0.2) is 0 Å². The van der Waals surface area contributed by atoms with Crippen molar-refractivity contribution in [3.8, 4) is 5.75 Å². The number of ether oxygens (including phenoxy) is 1. The first-order valence-electron chi connectivity index (χ1n) is 15.3. The Morgan fingerprint density at radius 2 is 1.50 bits per heavy atom. The number of hydrogen-bond donors (Lipinski definition) is 1. The molecule has 0 radical (unpaired) electrons. The van der Waals surface area contributed by atoms with Crippen molar-refractivity contribution >= 4 is 50.1 Å². The van der Waals surface area contributed by atoms with Crippen LogP contribution >= 0.6 is 22.6 Å². The van der Waals surface area contributed by atoms with Gasteiger partial charge in [-0.15, -0.1) is 0 Å². The summed E-state index contributed by atoms with van der Waals surface area (Å²) < 4.78 is 35.7. The standard InChI is InChI=1S/C36H38IN3O5S/c1-45-32-16-10-13-28(23-32)25-39(34(24-27-11-4-2-5-12-27)36(42)38-30-14-8-9-15-30)35(41)26-40(31-21-19-29(37)20-22-31)46(43,44)33-17-6-3-7-18-33/h2-7,10-13,16-23,30,34H,8-9,14-15,24-26H2,1H3,(H,38,42). The highest BCUT2D eigenvalue weighted by molar-refractivity contribution is 14.1. The van der Waals surface area contributed by atoms with Gasteiger partial charge in [0.2, 0.25) is 11.8 Å². The number of amides is 2. The van der Waals surface area contributed by atoms with E-state index in [9.17, 15) is 18.0 Å². The van der Waals surface area contributed by atoms with Gasteiger partial charge in [-0.25, -0.2) is 8.42 Å². The second-order valence-electron chi connectivity index (χ2n) is 11.4. The molecule has 1 unspecified atom stereocenters. The summed E-state index contributed by atoms with van der Waals surface area (Å²) in [5.74, 6) is -0.130. The van der Waals surface area contributed by atoms with Crippen LogP contribution in [0.4, 0.5) is 5.69 Å². The molecule has 240 valence electrons. The van der Waals surface area contributed by atoms with Crippen molar-refractivity contribution in [2.75, 3.05) is 18.0 Å². The molecule has 1 aliphatic rings. The van der Waals surface area contributed by atoms with Crippen LogP contribution in [-0.4, -0.2) is 50.9 Å². The van der Waals surface area contributed by atoms with E-state index in [1.165, 1.54) is 17.0 Å². The summed E-state index contributed by atoms with van der Waals surface area (Å²) >= 11 is 2.16. The van der Waals surface area contributed by atoms with E-state index in [4.69, 9.17) is 4.74 Å². The second kappa shape index (κ2) is 15.6. The number of nitrogens with zero attached hydrogens (tertiary/aromatic N) is 2. The fraction of sp³-hybridized carbons (Fsp3) is 0.278. The minimum absolute atomic E-state index is 0.0429. The van der Waals surface area contributed by atoms with Gasteiger partial charge in [-0.05, 0) is 95.1 Å². The van der Waals surface area contributed by atoms with E-state index in [0.717, 1.165) is 44.7 Å². The van der Waals surface area contributed by atoms with Gasteiger partial charge in [-0.3, -0.25) is 13.9 Å². The molecule has 0 spiro atoms. The summed E-state index contributed by atoms with van der Waals surface area (Å²) in [6.45, 7) is -0.415. The van der Waals surface area contributed by atoms with Crippen molar-refractivity contribution < 1.29 is 22.7 Å². The average Bonchev–Trinajstić information content (AvgIpc) is 3.59. The van der Waals surface area contributed by atoms with E-state index < -0.39 is 28.5 Å². The Hall–Kier alpha value is -3.90. The molecule has 5 rings (SSSR count). The molecule has 10 heteroatoms. The van der Waals surface area contributed by atoms with Crippen LogP contribution in [0.25, 0.3) is 0 Å². The molecule has 46 heavy (non-hydrogen) atoms. The smallest absolute Gasteiger partial charge is 0.264 e. The topological polar surface area (TPSA) is 96.0 Å². The number of nitrogens with one attached hydrogen (secondary N) is 1. The van der Waals surface area contributed by atoms with Crippen molar-refractivity contribution in [3.63, 3.8) is 0 Å². The zero-order valence-corrected chi connectivity index (χ0v) is 28.7. The number of methoxy groups -OCH3 is 1. The van der Waals surface area contributed by atoms with Crippen LogP contribution in [0, 0.1) is 3.57 Å². The first-order valence-corrected chi connectivity index (χ1v) is 17.9. The molecule has 4 aromatic rings. The Morgan fingerprint density at radius 3 is 2.15 bits per heavy atom. The lowest BCUT2D eigenvalue weighted by Gasteiger charge is -2.34. The summed E-state index contributed by atoms with van der Waals surface area (Å²) in [6, 6.07) is 31.1. The second-order valence-corrected chi connectivity index (χ2v) is 14.5. The monoisotopic (exact) mass is 751 g/mol. The largest absolute Gasteiger partial charge is 0.497 e. The molecule has 1 fully saturated rings. The van der Waals surface area contributed by atoms with Gasteiger partial charge in [0.25, 0.3) is 10.0 Å². The first kappa shape index (κ1) is 33.5. The van der Waals surface area contributed by atoms with Gasteiger partial charge < -0.3 is 15.0 Å². The summed E-state index contributed by atoms with van der Waals surface area (Å²) in [6.07, 6.45) is 4.14. The fourth-order valence-electron chi connectivity index (χ4n) is 5.74. The van der Waals surface area contributed by atoms with Crippen LogP contribution < -0.4 is 14.4 Å². The third kappa shape index (κ3) is 8.47. The summed E-state index contributed by atoms with van der Waals surface area (Å²) in [5, 5.41) is 3.20. The van der Waals surface area contributed by atoms with E-state index >= 15 is 0 Å². The van der Waals surface area contributed by atoms with Gasteiger partial charge >= 0.3 is 0 Å². The quantitative estimate of drug-likeness (QED) is 0.165. The highest BCUT2D eigenvalue weighted by Crippen LogP contribution is 2.27. The molecule has 1 saturated carbocycles. The maximum atomic E-state index is 14.6. The van der Waals surface area contributed by atoms with Crippen LogP contribution in [0.5, 0.6) is 5.75 Å². The summed E-state index contributed by atoms with van der Waals surface area (Å²) in [5.41, 5.74) is 2.00. The van der Waals surface area contributed by atoms with E-state index in [0.29, 0.717) is 11.4 Å². The number of carbonyl (C=O) groups excluding carboxylic acids is 2. The highest BCUT2D eigenvalue weighted by Gasteiger charge is 2.35. The normalized spacial score (nSPS) is 14.0. The number of sulfonamides is 1. The van der Waals surface area contributed by atoms with Crippen molar-refractivity contribution in [1.29, 1.82) is 0 Å². The van der Waals surface area contributed by atoms with Gasteiger partial charge in [-0.1, -0.05) is 73.5 Å². The molecule has 8 nitrogen and oxygen atoms in total. The number of benzene rings is 4. The lowest BCUT2D eigenvalue weighted by atomic mass is 10.0. The third-order valence-electron chi connectivity index (χ3n) is 8.18. The van der Waals surface area contributed by atoms with Crippen LogP contribution in [0.1, 0.15) is 36.8 Å². The minimum Gasteiger partial charge on any atom is -0.497 e. The van der Waals surface area contributed by atoms with Gasteiger partial charge in [0.1, 0.15) is 18.3 Å². The molecule has 1 atom stereocenters. The lowest BCUT2D eigenvalue weighted by Crippen LogP contribution is -2.54. The van der Waals surface area contributed by atoms with Gasteiger partial charge in [-0.2, -0.15) is 0 Å². The lowest BCUT2D eigenvalue weighted by molar-refractivity contribution is -0.140. The zero-order valence-electron chi connectivity index (χ0n) is 25.7. The molecule has 1 N–H and O–H groups in total. The molecule has 4 aromatic carbocycles. The van der Waals surface area contributed by atoms with Crippen molar-refractivity contribution in [1.82, 2.24) is 10.2 Å². The van der Waals surface area contributed by atoms with Crippen LogP contribution in [0.15, 0.2) is 114 Å². The SMILES string of the molecule is COc1cccc(CN(C(=O)CN(c2ccc(I)cc2)S(=O)(=O)c2ccccc2)C(Cc2ccccc2)C(=O)NC2CCCC2)c1. The predicted molar refractivity (Wildman–Crippen MR) is 188 cm³/mol. The van der Waals surface area contributed by atoms with Crippen molar-refractivity contribution in [2.24, 2.45) is 0 Å². The number of rotatable bonds is 13. The van der Waals surface area contributed by atoms with Crippen molar-refractivity contribution in [3.05, 3.63) is 124 Å². The molecular formula is C36H38IN3O5S. The van der Waals surface area contributed by atoms with E-state index in [1.807, 2.05) is 54.6 Å². The number of anilines is 1.